The van der Waals surface area contributed by atoms with Gasteiger partial charge in [-0.3, -0.25) is 9.59 Å². The number of carbonyl (C=O) groups excluding carboxylic acids is 2. The lowest BCUT2D eigenvalue weighted by Crippen LogP contribution is -2.45. The summed E-state index contributed by atoms with van der Waals surface area (Å²) in [6, 6.07) is 8.19. The zero-order chi connectivity index (χ0) is 16.9. The Bertz CT molecular complexity index is 571. The van der Waals surface area contributed by atoms with Gasteiger partial charge in [0.05, 0.1) is 12.5 Å². The van der Waals surface area contributed by atoms with E-state index in [1.54, 1.807) is 0 Å². The van der Waals surface area contributed by atoms with Gasteiger partial charge in [-0.15, -0.1) is 0 Å². The molecule has 130 valence electrons. The van der Waals surface area contributed by atoms with Crippen molar-refractivity contribution in [1.82, 2.24) is 10.2 Å². The molecule has 3 rings (SSSR count). The van der Waals surface area contributed by atoms with E-state index in [1.807, 2.05) is 17.0 Å². The fraction of sp³-hybridized carbons (Fsp3) is 0.579. The van der Waals surface area contributed by atoms with Gasteiger partial charge < -0.3 is 15.0 Å². The van der Waals surface area contributed by atoms with E-state index in [4.69, 9.17) is 4.74 Å². The van der Waals surface area contributed by atoms with Crippen LogP contribution in [0.3, 0.4) is 0 Å². The Morgan fingerprint density at radius 3 is 2.46 bits per heavy atom. The van der Waals surface area contributed by atoms with E-state index in [0.717, 1.165) is 24.8 Å². The minimum atomic E-state index is 0.0133. The molecule has 2 fully saturated rings. The minimum Gasteiger partial charge on any atom is -0.381 e. The third-order valence-electron chi connectivity index (χ3n) is 5.04. The predicted molar refractivity (Wildman–Crippen MR) is 91.3 cm³/mol. The molecule has 2 heterocycles. The summed E-state index contributed by atoms with van der Waals surface area (Å²) in [4.78, 5) is 26.6. The van der Waals surface area contributed by atoms with Crippen LogP contribution in [0.15, 0.2) is 24.3 Å². The number of hydrogen-bond donors (Lipinski definition) is 1. The van der Waals surface area contributed by atoms with Gasteiger partial charge in [0.2, 0.25) is 11.8 Å². The van der Waals surface area contributed by atoms with Crippen LogP contribution in [0.2, 0.25) is 0 Å². The van der Waals surface area contributed by atoms with Crippen molar-refractivity contribution in [2.24, 2.45) is 11.8 Å². The molecule has 0 bridgehead atoms. The van der Waals surface area contributed by atoms with E-state index in [-0.39, 0.29) is 23.7 Å². The van der Waals surface area contributed by atoms with Crippen molar-refractivity contribution < 1.29 is 14.3 Å². The van der Waals surface area contributed by atoms with E-state index >= 15 is 0 Å². The number of ether oxygens (including phenoxy) is 1. The molecule has 5 nitrogen and oxygen atoms in total. The first-order chi connectivity index (χ1) is 11.6. The van der Waals surface area contributed by atoms with Crippen LogP contribution in [0.25, 0.3) is 0 Å². The van der Waals surface area contributed by atoms with Crippen molar-refractivity contribution in [3.8, 4) is 0 Å². The fourth-order valence-electron chi connectivity index (χ4n) is 3.39. The highest BCUT2D eigenvalue weighted by molar-refractivity contribution is 5.81. The summed E-state index contributed by atoms with van der Waals surface area (Å²) >= 11 is 0. The lowest BCUT2D eigenvalue weighted by molar-refractivity contribution is -0.139. The van der Waals surface area contributed by atoms with Gasteiger partial charge in [-0.05, 0) is 31.7 Å². The van der Waals surface area contributed by atoms with Crippen molar-refractivity contribution in [3.05, 3.63) is 35.4 Å². The zero-order valence-corrected chi connectivity index (χ0v) is 14.3. The molecule has 0 saturated carbocycles. The standard InChI is InChI=1S/C19H26N2O3/c1-14-2-4-15(5-3-14)12-20-18(22)16-6-9-21(10-7-16)19(23)17-8-11-24-13-17/h2-5,16-17H,6-13H2,1H3,(H,20,22). The van der Waals surface area contributed by atoms with Crippen LogP contribution in [0, 0.1) is 18.8 Å². The Morgan fingerprint density at radius 2 is 1.83 bits per heavy atom. The van der Waals surface area contributed by atoms with Crippen LogP contribution in [-0.2, 0) is 20.9 Å². The Morgan fingerprint density at radius 1 is 1.12 bits per heavy atom. The molecule has 2 saturated heterocycles. The van der Waals surface area contributed by atoms with Gasteiger partial charge in [0, 0.05) is 32.2 Å². The van der Waals surface area contributed by atoms with E-state index in [1.165, 1.54) is 5.56 Å². The van der Waals surface area contributed by atoms with Crippen LogP contribution < -0.4 is 5.32 Å². The topological polar surface area (TPSA) is 58.6 Å². The van der Waals surface area contributed by atoms with Crippen molar-refractivity contribution in [1.29, 1.82) is 0 Å². The van der Waals surface area contributed by atoms with Crippen LogP contribution in [0.4, 0.5) is 0 Å². The van der Waals surface area contributed by atoms with Crippen molar-refractivity contribution >= 4 is 11.8 Å². The van der Waals surface area contributed by atoms with Crippen LogP contribution >= 0.6 is 0 Å². The SMILES string of the molecule is Cc1ccc(CNC(=O)C2CCN(C(=O)C3CCOC3)CC2)cc1. The highest BCUT2D eigenvalue weighted by Gasteiger charge is 2.32. The molecule has 1 N–H and O–H groups in total. The van der Waals surface area contributed by atoms with E-state index in [9.17, 15) is 9.59 Å². The van der Waals surface area contributed by atoms with Gasteiger partial charge in [-0.1, -0.05) is 29.8 Å². The first kappa shape index (κ1) is 17.0. The number of nitrogens with one attached hydrogen (secondary N) is 1. The lowest BCUT2D eigenvalue weighted by Gasteiger charge is -2.32. The average Bonchev–Trinajstić information content (AvgIpc) is 3.15. The number of piperidine rings is 1. The van der Waals surface area contributed by atoms with Crippen LogP contribution in [0.1, 0.15) is 30.4 Å². The quantitative estimate of drug-likeness (QED) is 0.917. The molecule has 0 aromatic heterocycles. The monoisotopic (exact) mass is 330 g/mol. The first-order valence-corrected chi connectivity index (χ1v) is 8.83. The number of rotatable bonds is 4. The molecule has 5 heteroatoms. The summed E-state index contributed by atoms with van der Waals surface area (Å²) in [5, 5.41) is 3.02. The molecule has 1 aromatic carbocycles. The van der Waals surface area contributed by atoms with E-state index < -0.39 is 0 Å². The first-order valence-electron chi connectivity index (χ1n) is 8.83. The summed E-state index contributed by atoms with van der Waals surface area (Å²) in [6.07, 6.45) is 2.33. The Balaban J connectivity index is 1.43. The Labute approximate surface area is 143 Å². The molecule has 1 unspecified atom stereocenters. The molecule has 1 atom stereocenters. The van der Waals surface area contributed by atoms with Crippen LogP contribution in [0.5, 0.6) is 0 Å². The maximum Gasteiger partial charge on any atom is 0.228 e. The van der Waals surface area contributed by atoms with Crippen molar-refractivity contribution in [2.75, 3.05) is 26.3 Å². The second kappa shape index (κ2) is 7.79. The number of amides is 2. The molecule has 2 amide bonds. The molecule has 2 aliphatic rings. The summed E-state index contributed by atoms with van der Waals surface area (Å²) in [5.41, 5.74) is 2.33. The van der Waals surface area contributed by atoms with E-state index in [2.05, 4.69) is 24.4 Å². The maximum absolute atomic E-state index is 12.4. The number of benzene rings is 1. The highest BCUT2D eigenvalue weighted by atomic mass is 16.5. The summed E-state index contributed by atoms with van der Waals surface area (Å²) < 4.78 is 5.30. The molecular formula is C19H26N2O3. The minimum absolute atomic E-state index is 0.0133. The number of likely N-dealkylation sites (tertiary alicyclic amines) is 1. The third kappa shape index (κ3) is 4.15. The largest absolute Gasteiger partial charge is 0.381 e. The summed E-state index contributed by atoms with van der Waals surface area (Å²) in [7, 11) is 0. The predicted octanol–water partition coefficient (Wildman–Crippen LogP) is 1.89. The molecular weight excluding hydrogens is 304 g/mol. The number of aryl methyl sites for hydroxylation is 1. The second-order valence-corrected chi connectivity index (χ2v) is 6.86. The van der Waals surface area contributed by atoms with Gasteiger partial charge in [-0.2, -0.15) is 0 Å². The van der Waals surface area contributed by atoms with Gasteiger partial charge >= 0.3 is 0 Å². The molecule has 0 spiro atoms. The van der Waals surface area contributed by atoms with Gasteiger partial charge in [0.1, 0.15) is 0 Å². The van der Waals surface area contributed by atoms with Crippen molar-refractivity contribution in [2.45, 2.75) is 32.7 Å². The zero-order valence-electron chi connectivity index (χ0n) is 14.3. The third-order valence-corrected chi connectivity index (χ3v) is 5.04. The Kier molecular flexibility index (Phi) is 5.51. The van der Waals surface area contributed by atoms with E-state index in [0.29, 0.717) is 32.8 Å². The number of nitrogens with zero attached hydrogens (tertiary/aromatic N) is 1. The van der Waals surface area contributed by atoms with Gasteiger partial charge in [-0.25, -0.2) is 0 Å². The molecule has 2 aliphatic heterocycles. The number of hydrogen-bond acceptors (Lipinski definition) is 3. The molecule has 24 heavy (non-hydrogen) atoms. The number of carbonyl (C=O) groups is 2. The molecule has 0 aliphatic carbocycles. The second-order valence-electron chi connectivity index (χ2n) is 6.86. The average molecular weight is 330 g/mol. The maximum atomic E-state index is 12.4. The molecule has 0 radical (unpaired) electrons. The van der Waals surface area contributed by atoms with Gasteiger partial charge in [0.15, 0.2) is 0 Å². The Hall–Kier alpha value is -1.88. The lowest BCUT2D eigenvalue weighted by atomic mass is 9.94. The summed E-state index contributed by atoms with van der Waals surface area (Å²) in [6.45, 7) is 5.22. The fourth-order valence-corrected chi connectivity index (χ4v) is 3.39. The highest BCUT2D eigenvalue weighted by Crippen LogP contribution is 2.22. The van der Waals surface area contributed by atoms with Crippen LogP contribution in [-0.4, -0.2) is 43.0 Å². The molecule has 1 aromatic rings. The van der Waals surface area contributed by atoms with Gasteiger partial charge in [0.25, 0.3) is 0 Å². The normalized spacial score (nSPS) is 21.7. The summed E-state index contributed by atoms with van der Waals surface area (Å²) in [5.74, 6) is 0.342. The van der Waals surface area contributed by atoms with Crippen molar-refractivity contribution in [3.63, 3.8) is 0 Å². The smallest absolute Gasteiger partial charge is 0.228 e.